The van der Waals surface area contributed by atoms with Crippen LogP contribution >= 0.6 is 11.6 Å². The molecule has 4 N–H and O–H groups in total. The van der Waals surface area contributed by atoms with Crippen molar-refractivity contribution in [3.05, 3.63) is 64.4 Å². The zero-order valence-electron chi connectivity index (χ0n) is 15.3. The lowest BCUT2D eigenvalue weighted by Crippen LogP contribution is -2.52. The number of amides is 3. The van der Waals surface area contributed by atoms with Crippen LogP contribution in [0.15, 0.2) is 42.5 Å². The Labute approximate surface area is 171 Å². The van der Waals surface area contributed by atoms with E-state index in [1.165, 1.54) is 29.2 Å². The lowest BCUT2D eigenvalue weighted by Gasteiger charge is -2.22. The minimum Gasteiger partial charge on any atom is -0.372 e. The van der Waals surface area contributed by atoms with Gasteiger partial charge in [0, 0.05) is 35.8 Å². The molecule has 1 unspecified atom stereocenters. The molecular weight excluding hydrogens is 401 g/mol. The predicted octanol–water partition coefficient (Wildman–Crippen LogP) is 1.40. The van der Waals surface area contributed by atoms with Gasteiger partial charge in [0.05, 0.1) is 0 Å². The van der Waals surface area contributed by atoms with Gasteiger partial charge in [0.2, 0.25) is 11.5 Å². The number of rotatable bonds is 6. The van der Waals surface area contributed by atoms with Gasteiger partial charge in [0.1, 0.15) is 5.82 Å². The molecule has 9 heteroatoms. The van der Waals surface area contributed by atoms with Crippen molar-refractivity contribution in [1.29, 1.82) is 0 Å². The van der Waals surface area contributed by atoms with Crippen LogP contribution in [0.3, 0.4) is 0 Å². The van der Waals surface area contributed by atoms with Crippen molar-refractivity contribution in [2.75, 3.05) is 18.0 Å². The van der Waals surface area contributed by atoms with Crippen LogP contribution in [-0.2, 0) is 16.0 Å². The maximum Gasteiger partial charge on any atom is 0.268 e. The van der Waals surface area contributed by atoms with E-state index in [4.69, 9.17) is 17.3 Å². The second-order valence-electron chi connectivity index (χ2n) is 6.77. The van der Waals surface area contributed by atoms with E-state index in [1.54, 1.807) is 18.2 Å². The fraction of sp³-hybridized carbons (Fsp3) is 0.250. The van der Waals surface area contributed by atoms with Crippen LogP contribution in [0, 0.1) is 5.82 Å². The molecule has 3 amide bonds. The molecule has 1 atom stereocenters. The third-order valence-electron chi connectivity index (χ3n) is 4.74. The molecule has 1 saturated heterocycles. The highest BCUT2D eigenvalue weighted by atomic mass is 35.5. The average Bonchev–Trinajstić information content (AvgIpc) is 2.97. The first-order chi connectivity index (χ1) is 13.7. The van der Waals surface area contributed by atoms with Crippen molar-refractivity contribution in [2.24, 2.45) is 5.73 Å². The quantitative estimate of drug-likeness (QED) is 0.614. The number of carbonyl (C=O) groups excluding carboxylic acids is 3. The molecular formula is C20H19ClFN3O4. The summed E-state index contributed by atoms with van der Waals surface area (Å²) in [7, 11) is 0. The number of hydrogen-bond acceptors (Lipinski definition) is 4. The molecule has 0 aliphatic carbocycles. The van der Waals surface area contributed by atoms with Crippen molar-refractivity contribution in [2.45, 2.75) is 18.4 Å². The van der Waals surface area contributed by atoms with E-state index in [-0.39, 0.29) is 36.5 Å². The molecule has 2 aromatic rings. The topological polar surface area (TPSA) is 113 Å². The highest BCUT2D eigenvalue weighted by Gasteiger charge is 2.51. The predicted molar refractivity (Wildman–Crippen MR) is 105 cm³/mol. The SMILES string of the molecule is NC(=O)c1cccc(N2CCC(O)(C(=O)NCCc3cc(F)cc(Cl)c3)C2=O)c1. The fourth-order valence-electron chi connectivity index (χ4n) is 3.21. The largest absolute Gasteiger partial charge is 0.372 e. The summed E-state index contributed by atoms with van der Waals surface area (Å²) in [5.74, 6) is -2.76. The van der Waals surface area contributed by atoms with E-state index in [9.17, 15) is 23.9 Å². The van der Waals surface area contributed by atoms with Crippen LogP contribution < -0.4 is 16.0 Å². The summed E-state index contributed by atoms with van der Waals surface area (Å²) >= 11 is 5.79. The number of anilines is 1. The monoisotopic (exact) mass is 419 g/mol. The number of primary amides is 1. The maximum absolute atomic E-state index is 13.4. The van der Waals surface area contributed by atoms with Gasteiger partial charge in [-0.3, -0.25) is 14.4 Å². The van der Waals surface area contributed by atoms with Crippen molar-refractivity contribution in [3.8, 4) is 0 Å². The Morgan fingerprint density at radius 3 is 2.72 bits per heavy atom. The van der Waals surface area contributed by atoms with Crippen LogP contribution in [0.5, 0.6) is 0 Å². The number of carbonyl (C=O) groups is 3. The first-order valence-corrected chi connectivity index (χ1v) is 9.26. The molecule has 0 aromatic heterocycles. The van der Waals surface area contributed by atoms with Crippen LogP contribution in [0.4, 0.5) is 10.1 Å². The molecule has 0 spiro atoms. The summed E-state index contributed by atoms with van der Waals surface area (Å²) in [6.45, 7) is 0.190. The standard InChI is InChI=1S/C20H19ClFN3O4/c21-14-8-12(9-15(22)11-14)4-6-24-18(27)20(29)5-7-25(19(20)28)16-3-1-2-13(10-16)17(23)26/h1-3,8-11,29H,4-7H2,(H2,23,26)(H,24,27). The Morgan fingerprint density at radius 1 is 1.28 bits per heavy atom. The van der Waals surface area contributed by atoms with E-state index >= 15 is 0 Å². The summed E-state index contributed by atoms with van der Waals surface area (Å²) in [4.78, 5) is 37.7. The minimum atomic E-state index is -2.22. The number of nitrogens with zero attached hydrogens (tertiary/aromatic N) is 1. The summed E-state index contributed by atoms with van der Waals surface area (Å²) in [6, 6.07) is 10.1. The van der Waals surface area contributed by atoms with Crippen molar-refractivity contribution >= 4 is 35.0 Å². The lowest BCUT2D eigenvalue weighted by atomic mass is 10.0. The van der Waals surface area contributed by atoms with Gasteiger partial charge in [-0.15, -0.1) is 0 Å². The van der Waals surface area contributed by atoms with E-state index < -0.39 is 29.1 Å². The first kappa shape index (κ1) is 20.8. The Kier molecular flexibility index (Phi) is 5.86. The highest BCUT2D eigenvalue weighted by Crippen LogP contribution is 2.29. The Morgan fingerprint density at radius 2 is 2.03 bits per heavy atom. The third-order valence-corrected chi connectivity index (χ3v) is 4.95. The molecule has 29 heavy (non-hydrogen) atoms. The van der Waals surface area contributed by atoms with Crippen molar-refractivity contribution < 1.29 is 23.9 Å². The molecule has 152 valence electrons. The van der Waals surface area contributed by atoms with E-state index in [1.807, 2.05) is 0 Å². The third kappa shape index (κ3) is 4.38. The molecule has 1 fully saturated rings. The Hall–Kier alpha value is -2.97. The van der Waals surface area contributed by atoms with Gasteiger partial charge in [0.25, 0.3) is 11.8 Å². The van der Waals surface area contributed by atoms with Crippen LogP contribution in [-0.4, -0.2) is 41.5 Å². The number of nitrogens with one attached hydrogen (secondary N) is 1. The van der Waals surface area contributed by atoms with Gasteiger partial charge in [-0.2, -0.15) is 0 Å². The maximum atomic E-state index is 13.4. The van der Waals surface area contributed by atoms with Crippen molar-refractivity contribution in [3.63, 3.8) is 0 Å². The highest BCUT2D eigenvalue weighted by molar-refractivity contribution is 6.30. The van der Waals surface area contributed by atoms with E-state index in [0.29, 0.717) is 11.3 Å². The zero-order valence-corrected chi connectivity index (χ0v) is 16.1. The zero-order chi connectivity index (χ0) is 21.2. The number of benzene rings is 2. The molecule has 1 aliphatic rings. The Balaban J connectivity index is 1.65. The second kappa shape index (κ2) is 8.18. The molecule has 1 aliphatic heterocycles. The van der Waals surface area contributed by atoms with Gasteiger partial charge in [-0.05, 0) is 48.4 Å². The smallest absolute Gasteiger partial charge is 0.268 e. The summed E-state index contributed by atoms with van der Waals surface area (Å²) in [5, 5.41) is 13.4. The second-order valence-corrected chi connectivity index (χ2v) is 7.20. The first-order valence-electron chi connectivity index (χ1n) is 8.88. The lowest BCUT2D eigenvalue weighted by molar-refractivity contribution is -0.149. The molecule has 3 rings (SSSR count). The molecule has 1 heterocycles. The number of halogens is 2. The van der Waals surface area contributed by atoms with Gasteiger partial charge in [0.15, 0.2) is 0 Å². The molecule has 0 radical (unpaired) electrons. The van der Waals surface area contributed by atoms with Crippen LogP contribution in [0.25, 0.3) is 0 Å². The van der Waals surface area contributed by atoms with E-state index in [2.05, 4.69) is 5.32 Å². The van der Waals surface area contributed by atoms with Crippen LogP contribution in [0.2, 0.25) is 5.02 Å². The molecule has 0 saturated carbocycles. The number of nitrogens with two attached hydrogens (primary N) is 1. The molecule has 7 nitrogen and oxygen atoms in total. The Bertz CT molecular complexity index is 964. The normalized spacial score (nSPS) is 18.7. The summed E-state index contributed by atoms with van der Waals surface area (Å²) in [5.41, 5.74) is 4.18. The van der Waals surface area contributed by atoms with Gasteiger partial charge < -0.3 is 21.1 Å². The molecule has 2 aromatic carbocycles. The van der Waals surface area contributed by atoms with E-state index in [0.717, 1.165) is 0 Å². The van der Waals surface area contributed by atoms with Gasteiger partial charge in [-0.1, -0.05) is 17.7 Å². The summed E-state index contributed by atoms with van der Waals surface area (Å²) < 4.78 is 13.4. The average molecular weight is 420 g/mol. The minimum absolute atomic E-state index is 0.0887. The number of hydrogen-bond donors (Lipinski definition) is 3. The van der Waals surface area contributed by atoms with Crippen molar-refractivity contribution in [1.82, 2.24) is 5.32 Å². The fourth-order valence-corrected chi connectivity index (χ4v) is 3.46. The van der Waals surface area contributed by atoms with Gasteiger partial charge >= 0.3 is 0 Å². The number of aliphatic hydroxyl groups is 1. The van der Waals surface area contributed by atoms with Crippen LogP contribution in [0.1, 0.15) is 22.3 Å². The van der Waals surface area contributed by atoms with Gasteiger partial charge in [-0.25, -0.2) is 4.39 Å². The molecule has 0 bridgehead atoms. The summed E-state index contributed by atoms with van der Waals surface area (Å²) in [6.07, 6.45) is 0.169.